The zero-order valence-electron chi connectivity index (χ0n) is 11.3. The van der Waals surface area contributed by atoms with Crippen molar-refractivity contribution in [2.24, 2.45) is 0 Å². The van der Waals surface area contributed by atoms with Crippen molar-refractivity contribution in [3.05, 3.63) is 23.9 Å². The van der Waals surface area contributed by atoms with Crippen molar-refractivity contribution < 1.29 is 22.7 Å². The van der Waals surface area contributed by atoms with Crippen LogP contribution < -0.4 is 10.2 Å². The third-order valence-electron chi connectivity index (χ3n) is 2.98. The molecule has 1 aliphatic heterocycles. The van der Waals surface area contributed by atoms with Gasteiger partial charge in [0.1, 0.15) is 5.56 Å². The number of ether oxygens (including phenoxy) is 1. The molecule has 5 nitrogen and oxygen atoms in total. The molecule has 0 aliphatic carbocycles. The zero-order valence-corrected chi connectivity index (χ0v) is 11.3. The summed E-state index contributed by atoms with van der Waals surface area (Å²) in [5.41, 5.74) is 2.98. The highest BCUT2D eigenvalue weighted by atomic mass is 19.4. The molecule has 0 bridgehead atoms. The fourth-order valence-corrected chi connectivity index (χ4v) is 2.00. The zero-order chi connectivity index (χ0) is 15.3. The summed E-state index contributed by atoms with van der Waals surface area (Å²) in [7, 11) is 0. The molecule has 2 heterocycles. The smallest absolute Gasteiger partial charge is 0.422 e. The third kappa shape index (κ3) is 4.59. The minimum absolute atomic E-state index is 0.0242. The van der Waals surface area contributed by atoms with E-state index in [0.29, 0.717) is 13.1 Å². The van der Waals surface area contributed by atoms with Gasteiger partial charge in [0.15, 0.2) is 6.61 Å². The average Bonchev–Trinajstić information content (AvgIpc) is 2.73. The Morgan fingerprint density at radius 2 is 2.19 bits per heavy atom. The van der Waals surface area contributed by atoms with E-state index >= 15 is 0 Å². The first-order valence-corrected chi connectivity index (χ1v) is 6.67. The molecular weight excluding hydrogens is 287 g/mol. The number of alkyl halides is 3. The van der Waals surface area contributed by atoms with E-state index in [1.165, 1.54) is 23.3 Å². The predicted octanol–water partition coefficient (Wildman–Crippen LogP) is 2.15. The van der Waals surface area contributed by atoms with Crippen molar-refractivity contribution in [1.82, 2.24) is 15.4 Å². The first-order chi connectivity index (χ1) is 9.97. The van der Waals surface area contributed by atoms with Crippen molar-refractivity contribution >= 4 is 5.91 Å². The molecule has 1 amide bonds. The number of aromatic nitrogens is 1. The van der Waals surface area contributed by atoms with Gasteiger partial charge in [-0.3, -0.25) is 9.80 Å². The molecular formula is C13H16F3N3O2. The molecule has 1 aromatic heterocycles. The molecule has 1 aromatic rings. The molecule has 0 radical (unpaired) electrons. The van der Waals surface area contributed by atoms with Gasteiger partial charge in [0, 0.05) is 19.3 Å². The lowest BCUT2D eigenvalue weighted by Crippen LogP contribution is -2.42. The Hall–Kier alpha value is -1.83. The summed E-state index contributed by atoms with van der Waals surface area (Å²) in [5, 5.41) is 1.41. The molecule has 2 rings (SSSR count). The van der Waals surface area contributed by atoms with E-state index in [9.17, 15) is 18.0 Å². The summed E-state index contributed by atoms with van der Waals surface area (Å²) in [6.45, 7) is -0.311. The maximum absolute atomic E-state index is 12.4. The summed E-state index contributed by atoms with van der Waals surface area (Å²) in [6.07, 6.45) is -0.385. The molecule has 8 heteroatoms. The van der Waals surface area contributed by atoms with Crippen molar-refractivity contribution in [2.75, 3.05) is 19.7 Å². The minimum Gasteiger partial charge on any atom is -0.467 e. The monoisotopic (exact) mass is 303 g/mol. The second kappa shape index (κ2) is 6.75. The quantitative estimate of drug-likeness (QED) is 0.929. The van der Waals surface area contributed by atoms with E-state index in [1.54, 1.807) is 0 Å². The number of pyridine rings is 1. The molecule has 1 fully saturated rings. The van der Waals surface area contributed by atoms with E-state index < -0.39 is 18.7 Å². The van der Waals surface area contributed by atoms with Gasteiger partial charge in [-0.1, -0.05) is 6.42 Å². The summed E-state index contributed by atoms with van der Waals surface area (Å²) in [6, 6.07) is 2.90. The van der Waals surface area contributed by atoms with Gasteiger partial charge < -0.3 is 4.74 Å². The van der Waals surface area contributed by atoms with E-state index in [4.69, 9.17) is 0 Å². The molecule has 0 atom stereocenters. The van der Waals surface area contributed by atoms with Crippen LogP contribution in [0, 0.1) is 0 Å². The Morgan fingerprint density at radius 3 is 2.95 bits per heavy atom. The van der Waals surface area contributed by atoms with Crippen LogP contribution in [0.4, 0.5) is 13.2 Å². The SMILES string of the molecule is O=C(c1cccnc1OCC(F)(F)F)N1CCCCCN1. The first kappa shape index (κ1) is 15.6. The van der Waals surface area contributed by atoms with E-state index in [1.807, 2.05) is 0 Å². The Kier molecular flexibility index (Phi) is 5.00. The van der Waals surface area contributed by atoms with Gasteiger partial charge in [-0.25, -0.2) is 10.4 Å². The van der Waals surface area contributed by atoms with Crippen LogP contribution in [-0.2, 0) is 0 Å². The van der Waals surface area contributed by atoms with E-state index in [2.05, 4.69) is 15.1 Å². The van der Waals surface area contributed by atoms with Crippen LogP contribution in [0.3, 0.4) is 0 Å². The van der Waals surface area contributed by atoms with Crippen molar-refractivity contribution in [2.45, 2.75) is 25.4 Å². The highest BCUT2D eigenvalue weighted by molar-refractivity contribution is 5.96. The summed E-state index contributed by atoms with van der Waals surface area (Å²) in [4.78, 5) is 16.1. The van der Waals surface area contributed by atoms with Crippen LogP contribution in [0.15, 0.2) is 18.3 Å². The van der Waals surface area contributed by atoms with Crippen LogP contribution in [0.5, 0.6) is 5.88 Å². The van der Waals surface area contributed by atoms with Crippen molar-refractivity contribution in [3.63, 3.8) is 0 Å². The number of amides is 1. The second-order valence-corrected chi connectivity index (χ2v) is 4.69. The molecule has 0 aromatic carbocycles. The van der Waals surface area contributed by atoms with Crippen LogP contribution >= 0.6 is 0 Å². The van der Waals surface area contributed by atoms with Gasteiger partial charge in [-0.05, 0) is 25.0 Å². The number of hydrazine groups is 1. The molecule has 1 N–H and O–H groups in total. The Bertz CT molecular complexity index is 486. The Labute approximate surface area is 120 Å². The molecule has 1 aliphatic rings. The average molecular weight is 303 g/mol. The number of carbonyl (C=O) groups excluding carboxylic acids is 1. The number of halogens is 3. The lowest BCUT2D eigenvalue weighted by Gasteiger charge is -2.22. The van der Waals surface area contributed by atoms with Gasteiger partial charge in [0.2, 0.25) is 5.88 Å². The molecule has 0 saturated carbocycles. The molecule has 1 saturated heterocycles. The first-order valence-electron chi connectivity index (χ1n) is 6.67. The highest BCUT2D eigenvalue weighted by Crippen LogP contribution is 2.21. The maximum atomic E-state index is 12.4. The largest absolute Gasteiger partial charge is 0.467 e. The van der Waals surface area contributed by atoms with Gasteiger partial charge in [0.05, 0.1) is 0 Å². The van der Waals surface area contributed by atoms with Crippen molar-refractivity contribution in [1.29, 1.82) is 0 Å². The summed E-state index contributed by atoms with van der Waals surface area (Å²) >= 11 is 0. The standard InChI is InChI=1S/C13H16F3N3O2/c14-13(15,16)9-21-11-10(5-4-6-17-11)12(20)19-8-3-1-2-7-18-19/h4-6,18H,1-3,7-9H2. The summed E-state index contributed by atoms with van der Waals surface area (Å²) < 4.78 is 41.3. The molecule has 0 unspecified atom stereocenters. The fraction of sp³-hybridized carbons (Fsp3) is 0.538. The van der Waals surface area contributed by atoms with Gasteiger partial charge >= 0.3 is 6.18 Å². The van der Waals surface area contributed by atoms with Crippen LogP contribution in [0.1, 0.15) is 29.6 Å². The van der Waals surface area contributed by atoms with Gasteiger partial charge in [0.25, 0.3) is 5.91 Å². The predicted molar refractivity (Wildman–Crippen MR) is 68.7 cm³/mol. The third-order valence-corrected chi connectivity index (χ3v) is 2.98. The van der Waals surface area contributed by atoms with E-state index in [-0.39, 0.29) is 11.4 Å². The van der Waals surface area contributed by atoms with Gasteiger partial charge in [-0.15, -0.1) is 0 Å². The lowest BCUT2D eigenvalue weighted by molar-refractivity contribution is -0.154. The fourth-order valence-electron chi connectivity index (χ4n) is 2.00. The topological polar surface area (TPSA) is 54.5 Å². The summed E-state index contributed by atoms with van der Waals surface area (Å²) in [5.74, 6) is -0.729. The number of nitrogens with one attached hydrogen (secondary N) is 1. The highest BCUT2D eigenvalue weighted by Gasteiger charge is 2.30. The molecule has 0 spiro atoms. The number of carbonyl (C=O) groups is 1. The number of nitrogens with zero attached hydrogens (tertiary/aromatic N) is 2. The minimum atomic E-state index is -4.47. The number of rotatable bonds is 3. The van der Waals surface area contributed by atoms with Crippen LogP contribution in [0.2, 0.25) is 0 Å². The van der Waals surface area contributed by atoms with Crippen molar-refractivity contribution in [3.8, 4) is 5.88 Å². The van der Waals surface area contributed by atoms with Gasteiger partial charge in [-0.2, -0.15) is 13.2 Å². The Morgan fingerprint density at radius 1 is 1.38 bits per heavy atom. The number of hydrogen-bond acceptors (Lipinski definition) is 4. The van der Waals surface area contributed by atoms with E-state index in [0.717, 1.165) is 19.3 Å². The van der Waals surface area contributed by atoms with Crippen LogP contribution in [0.25, 0.3) is 0 Å². The maximum Gasteiger partial charge on any atom is 0.422 e. The molecule has 116 valence electrons. The number of hydrogen-bond donors (Lipinski definition) is 1. The normalized spacial score (nSPS) is 16.4. The molecule has 21 heavy (non-hydrogen) atoms. The van der Waals surface area contributed by atoms with Crippen LogP contribution in [-0.4, -0.2) is 41.8 Å². The second-order valence-electron chi connectivity index (χ2n) is 4.69. The Balaban J connectivity index is 2.12. The lowest BCUT2D eigenvalue weighted by atomic mass is 10.2.